The zero-order chi connectivity index (χ0) is 12.7. The topological polar surface area (TPSA) is 45.2 Å². The zero-order valence-corrected chi connectivity index (χ0v) is 10.3. The van der Waals surface area contributed by atoms with Crippen LogP contribution in [-0.4, -0.2) is 36.7 Å². The third-order valence-corrected chi connectivity index (χ3v) is 2.41. The highest BCUT2D eigenvalue weighted by molar-refractivity contribution is 6.29. The number of alkyl halides is 2. The predicted octanol–water partition coefficient (Wildman–Crippen LogP) is 1.56. The van der Waals surface area contributed by atoms with Crippen LogP contribution >= 0.6 is 11.6 Å². The molecular weight excluding hydrogens is 245 g/mol. The second-order valence-electron chi connectivity index (χ2n) is 3.55. The third kappa shape index (κ3) is 4.99. The maximum Gasteiger partial charge on any atom is 0.270 e. The lowest BCUT2D eigenvalue weighted by atomic mass is 10.3. The second kappa shape index (κ2) is 7.06. The van der Waals surface area contributed by atoms with Crippen molar-refractivity contribution >= 4 is 23.3 Å². The number of nitrogens with one attached hydrogen (secondary N) is 1. The van der Waals surface area contributed by atoms with E-state index in [1.54, 1.807) is 6.20 Å². The number of nitrogens with zero attached hydrogens (tertiary/aromatic N) is 2. The Bertz CT molecular complexity index is 348. The molecule has 1 atom stereocenters. The summed E-state index contributed by atoms with van der Waals surface area (Å²) in [5.74, 6) is 0.0756. The Morgan fingerprint density at radius 1 is 1.65 bits per heavy atom. The number of hydrogen-bond donors (Lipinski definition) is 1. The maximum absolute atomic E-state index is 12.3. The van der Waals surface area contributed by atoms with Gasteiger partial charge in [0.15, 0.2) is 0 Å². The Hall–Kier alpha value is -1.36. The van der Waals surface area contributed by atoms with Crippen molar-refractivity contribution in [3.63, 3.8) is 0 Å². The van der Waals surface area contributed by atoms with Crippen LogP contribution in [0.1, 0.15) is 6.42 Å². The molecule has 0 aliphatic carbocycles. The number of carbonyl (C=O) groups is 1. The van der Waals surface area contributed by atoms with Gasteiger partial charge in [0.25, 0.3) is 11.5 Å². The average Bonchev–Trinajstić information content (AvgIpc) is 2.35. The second-order valence-corrected chi connectivity index (χ2v) is 3.94. The molecule has 0 saturated carbocycles. The molecule has 4 nitrogen and oxygen atoms in total. The van der Waals surface area contributed by atoms with Gasteiger partial charge in [0, 0.05) is 26.3 Å². The molecule has 1 N–H and O–H groups in total. The van der Waals surface area contributed by atoms with E-state index in [0.29, 0.717) is 13.0 Å². The first kappa shape index (κ1) is 13.7. The molecule has 1 amide bonds. The van der Waals surface area contributed by atoms with Gasteiger partial charge in [-0.05, 0) is 18.6 Å². The van der Waals surface area contributed by atoms with Gasteiger partial charge in [-0.3, -0.25) is 4.79 Å². The lowest BCUT2D eigenvalue weighted by molar-refractivity contribution is -0.123. The largest absolute Gasteiger partial charge is 0.360 e. The van der Waals surface area contributed by atoms with E-state index in [-0.39, 0.29) is 0 Å². The summed E-state index contributed by atoms with van der Waals surface area (Å²) in [6.45, 7) is 1.11. The molecule has 1 aromatic heterocycles. The highest BCUT2D eigenvalue weighted by Crippen LogP contribution is 2.06. The van der Waals surface area contributed by atoms with Crippen LogP contribution in [0, 0.1) is 0 Å². The number of halogens is 2. The number of carbonyl (C=O) groups excluding carboxylic acids is 1. The smallest absolute Gasteiger partial charge is 0.270 e. The van der Waals surface area contributed by atoms with Gasteiger partial charge in [-0.25, -0.2) is 9.37 Å². The number of amides is 1. The SMILES string of the molecule is CN(CCCNC(=O)C(F)Cl)c1ccccn1. The van der Waals surface area contributed by atoms with Crippen molar-refractivity contribution in [1.82, 2.24) is 10.3 Å². The molecular formula is C11H15ClFN3O. The van der Waals surface area contributed by atoms with E-state index in [1.807, 2.05) is 30.1 Å². The molecule has 1 heterocycles. The van der Waals surface area contributed by atoms with Crippen molar-refractivity contribution in [2.75, 3.05) is 25.0 Å². The molecule has 1 aromatic rings. The minimum absolute atomic E-state index is 0.392. The van der Waals surface area contributed by atoms with Crippen molar-refractivity contribution in [1.29, 1.82) is 0 Å². The van der Waals surface area contributed by atoms with Crippen molar-refractivity contribution < 1.29 is 9.18 Å². The summed E-state index contributed by atoms with van der Waals surface area (Å²) < 4.78 is 12.3. The van der Waals surface area contributed by atoms with Gasteiger partial charge in [0.1, 0.15) is 5.82 Å². The number of anilines is 1. The quantitative estimate of drug-likeness (QED) is 0.623. The van der Waals surface area contributed by atoms with Crippen LogP contribution in [-0.2, 0) is 4.79 Å². The van der Waals surface area contributed by atoms with Crippen LogP contribution < -0.4 is 10.2 Å². The lowest BCUT2D eigenvalue weighted by Crippen LogP contribution is -2.32. The van der Waals surface area contributed by atoms with E-state index in [4.69, 9.17) is 11.6 Å². The molecule has 6 heteroatoms. The first-order valence-corrected chi connectivity index (χ1v) is 5.73. The Morgan fingerprint density at radius 3 is 3.00 bits per heavy atom. The molecule has 0 aromatic carbocycles. The number of rotatable bonds is 6. The molecule has 0 spiro atoms. The summed E-state index contributed by atoms with van der Waals surface area (Å²) in [6, 6.07) is 5.65. The Labute approximate surface area is 105 Å². The van der Waals surface area contributed by atoms with Gasteiger partial charge >= 0.3 is 0 Å². The van der Waals surface area contributed by atoms with Gasteiger partial charge < -0.3 is 10.2 Å². The van der Waals surface area contributed by atoms with Gasteiger partial charge in [0.05, 0.1) is 0 Å². The summed E-state index contributed by atoms with van der Waals surface area (Å²) >= 11 is 4.97. The molecule has 1 rings (SSSR count). The van der Waals surface area contributed by atoms with Crippen molar-refractivity contribution in [3.05, 3.63) is 24.4 Å². The van der Waals surface area contributed by atoms with Gasteiger partial charge in [-0.1, -0.05) is 17.7 Å². The fraction of sp³-hybridized carbons (Fsp3) is 0.455. The summed E-state index contributed by atoms with van der Waals surface area (Å²) in [5, 5.41) is 2.40. The normalized spacial score (nSPS) is 11.9. The van der Waals surface area contributed by atoms with Crippen molar-refractivity contribution in [2.24, 2.45) is 0 Å². The fourth-order valence-electron chi connectivity index (χ4n) is 1.30. The Balaban J connectivity index is 2.21. The number of aromatic nitrogens is 1. The van der Waals surface area contributed by atoms with Crippen LogP contribution in [0.3, 0.4) is 0 Å². The average molecular weight is 260 g/mol. The third-order valence-electron chi connectivity index (χ3n) is 2.21. The van der Waals surface area contributed by atoms with Gasteiger partial charge in [-0.15, -0.1) is 0 Å². The van der Waals surface area contributed by atoms with Crippen LogP contribution in [0.4, 0.5) is 10.2 Å². The Morgan fingerprint density at radius 2 is 2.41 bits per heavy atom. The molecule has 1 unspecified atom stereocenters. The van der Waals surface area contributed by atoms with Crippen LogP contribution in [0.25, 0.3) is 0 Å². The summed E-state index contributed by atoms with van der Waals surface area (Å²) in [6.07, 6.45) is 2.41. The summed E-state index contributed by atoms with van der Waals surface area (Å²) in [5.41, 5.74) is -1.97. The highest BCUT2D eigenvalue weighted by Gasteiger charge is 2.11. The van der Waals surface area contributed by atoms with Gasteiger partial charge in [0.2, 0.25) is 0 Å². The number of hydrogen-bond acceptors (Lipinski definition) is 3. The number of pyridine rings is 1. The zero-order valence-electron chi connectivity index (χ0n) is 9.57. The van der Waals surface area contributed by atoms with E-state index < -0.39 is 11.5 Å². The van der Waals surface area contributed by atoms with Crippen LogP contribution in [0.2, 0.25) is 0 Å². The minimum atomic E-state index is -1.97. The monoisotopic (exact) mass is 259 g/mol. The molecule has 0 bridgehead atoms. The maximum atomic E-state index is 12.3. The molecule has 17 heavy (non-hydrogen) atoms. The van der Waals surface area contributed by atoms with Crippen molar-refractivity contribution in [2.45, 2.75) is 12.1 Å². The summed E-state index contributed by atoms with van der Waals surface area (Å²) in [7, 11) is 1.91. The van der Waals surface area contributed by atoms with Crippen LogP contribution in [0.15, 0.2) is 24.4 Å². The van der Waals surface area contributed by atoms with E-state index >= 15 is 0 Å². The standard InChI is InChI=1S/C11H15ClFN3O/c1-16(9-5-2-3-6-14-9)8-4-7-15-11(17)10(12)13/h2-3,5-6,10H,4,7-8H2,1H3,(H,15,17). The lowest BCUT2D eigenvalue weighted by Gasteiger charge is -2.17. The molecule has 0 aliphatic heterocycles. The first-order valence-electron chi connectivity index (χ1n) is 5.29. The van der Waals surface area contributed by atoms with Crippen molar-refractivity contribution in [3.8, 4) is 0 Å². The van der Waals surface area contributed by atoms with Gasteiger partial charge in [-0.2, -0.15) is 0 Å². The molecule has 94 valence electrons. The fourth-order valence-corrected chi connectivity index (χ4v) is 1.38. The highest BCUT2D eigenvalue weighted by atomic mass is 35.5. The van der Waals surface area contributed by atoms with E-state index in [1.165, 1.54) is 0 Å². The molecule has 0 saturated heterocycles. The van der Waals surface area contributed by atoms with E-state index in [2.05, 4.69) is 10.3 Å². The first-order chi connectivity index (χ1) is 8.11. The predicted molar refractivity (Wildman–Crippen MR) is 65.9 cm³/mol. The summed E-state index contributed by atoms with van der Waals surface area (Å²) in [4.78, 5) is 16.9. The van der Waals surface area contributed by atoms with E-state index in [9.17, 15) is 9.18 Å². The molecule has 0 fully saturated rings. The molecule has 0 aliphatic rings. The van der Waals surface area contributed by atoms with Crippen LogP contribution in [0.5, 0.6) is 0 Å². The minimum Gasteiger partial charge on any atom is -0.360 e. The molecule has 0 radical (unpaired) electrons. The van der Waals surface area contributed by atoms with E-state index in [0.717, 1.165) is 12.4 Å². The Kier molecular flexibility index (Phi) is 5.69.